The molecule has 0 bridgehead atoms. The summed E-state index contributed by atoms with van der Waals surface area (Å²) >= 11 is 3.47. The van der Waals surface area contributed by atoms with Gasteiger partial charge in [0.15, 0.2) is 0 Å². The number of carbonyl (C=O) groups excluding carboxylic acids is 1. The van der Waals surface area contributed by atoms with E-state index >= 15 is 0 Å². The van der Waals surface area contributed by atoms with Crippen LogP contribution in [0.15, 0.2) is 28.7 Å². The fraction of sp³-hybridized carbons (Fsp3) is 0.562. The molecule has 2 rings (SSSR count). The maximum Gasteiger partial charge on any atom is 0.239 e. The molecule has 1 heterocycles. The van der Waals surface area contributed by atoms with Crippen molar-refractivity contribution in [1.82, 2.24) is 4.90 Å². The second-order valence-electron chi connectivity index (χ2n) is 5.61. The third-order valence-corrected chi connectivity index (χ3v) is 4.63. The van der Waals surface area contributed by atoms with Gasteiger partial charge in [0.05, 0.1) is 19.2 Å². The molecule has 116 valence electrons. The van der Waals surface area contributed by atoms with E-state index in [0.717, 1.165) is 16.5 Å². The summed E-state index contributed by atoms with van der Waals surface area (Å²) in [6.07, 6.45) is 0.830. The highest BCUT2D eigenvalue weighted by molar-refractivity contribution is 9.10. The Morgan fingerprint density at radius 3 is 3.00 bits per heavy atom. The number of carbonyl (C=O) groups is 1. The summed E-state index contributed by atoms with van der Waals surface area (Å²) in [5.41, 5.74) is 7.15. The first-order valence-electron chi connectivity index (χ1n) is 7.44. The minimum absolute atomic E-state index is 0.0349. The van der Waals surface area contributed by atoms with Gasteiger partial charge in [0.2, 0.25) is 5.91 Å². The summed E-state index contributed by atoms with van der Waals surface area (Å²) in [6, 6.07) is 7.60. The lowest BCUT2D eigenvalue weighted by Crippen LogP contribution is -2.51. The molecule has 3 atom stereocenters. The second-order valence-corrected chi connectivity index (χ2v) is 6.53. The van der Waals surface area contributed by atoms with E-state index in [1.165, 1.54) is 0 Å². The first kappa shape index (κ1) is 16.5. The fourth-order valence-corrected chi connectivity index (χ4v) is 2.88. The van der Waals surface area contributed by atoms with Crippen molar-refractivity contribution < 1.29 is 9.53 Å². The zero-order chi connectivity index (χ0) is 15.4. The van der Waals surface area contributed by atoms with Gasteiger partial charge >= 0.3 is 0 Å². The Morgan fingerprint density at radius 2 is 2.33 bits per heavy atom. The number of nitrogens with two attached hydrogens (primary N) is 1. The van der Waals surface area contributed by atoms with E-state index in [2.05, 4.69) is 22.9 Å². The number of morpholine rings is 1. The van der Waals surface area contributed by atoms with E-state index in [4.69, 9.17) is 10.5 Å². The molecule has 5 heteroatoms. The van der Waals surface area contributed by atoms with Crippen LogP contribution in [0, 0.1) is 5.92 Å². The normalized spacial score (nSPS) is 21.9. The average Bonchev–Trinajstić information content (AvgIpc) is 2.52. The quantitative estimate of drug-likeness (QED) is 0.904. The molecule has 1 aromatic carbocycles. The lowest BCUT2D eigenvalue weighted by Gasteiger charge is -2.35. The standard InChI is InChI=1S/C16H23BrN2O2/c1-3-11(2)15(18)16(20)19-7-8-21-14(10-19)12-5-4-6-13(17)9-12/h4-6,9,11,14-15H,3,7-8,10,18H2,1-2H3. The van der Waals surface area contributed by atoms with Crippen molar-refractivity contribution in [1.29, 1.82) is 0 Å². The van der Waals surface area contributed by atoms with E-state index in [1.54, 1.807) is 0 Å². The Bertz CT molecular complexity index is 495. The van der Waals surface area contributed by atoms with E-state index in [9.17, 15) is 4.79 Å². The van der Waals surface area contributed by atoms with Gasteiger partial charge in [-0.3, -0.25) is 4.79 Å². The maximum absolute atomic E-state index is 12.5. The molecule has 2 N–H and O–H groups in total. The number of nitrogens with zero attached hydrogens (tertiary/aromatic N) is 1. The molecule has 0 aromatic heterocycles. The molecule has 1 aliphatic rings. The van der Waals surface area contributed by atoms with Crippen LogP contribution in [0.5, 0.6) is 0 Å². The van der Waals surface area contributed by atoms with Crippen molar-refractivity contribution in [2.75, 3.05) is 19.7 Å². The predicted octanol–water partition coefficient (Wildman–Crippen LogP) is 2.72. The van der Waals surface area contributed by atoms with Crippen LogP contribution in [0.1, 0.15) is 31.9 Å². The molecule has 0 radical (unpaired) electrons. The number of hydrogen-bond donors (Lipinski definition) is 1. The monoisotopic (exact) mass is 354 g/mol. The van der Waals surface area contributed by atoms with Crippen molar-refractivity contribution in [3.63, 3.8) is 0 Å². The topological polar surface area (TPSA) is 55.6 Å². The summed E-state index contributed by atoms with van der Waals surface area (Å²) < 4.78 is 6.83. The van der Waals surface area contributed by atoms with Gasteiger partial charge in [-0.15, -0.1) is 0 Å². The zero-order valence-corrected chi connectivity index (χ0v) is 14.2. The highest BCUT2D eigenvalue weighted by atomic mass is 79.9. The van der Waals surface area contributed by atoms with Crippen LogP contribution in [0.4, 0.5) is 0 Å². The summed E-state index contributed by atoms with van der Waals surface area (Å²) in [6.45, 7) is 5.82. The minimum Gasteiger partial charge on any atom is -0.370 e. The Kier molecular flexibility index (Phi) is 5.79. The van der Waals surface area contributed by atoms with Crippen molar-refractivity contribution in [3.8, 4) is 0 Å². The van der Waals surface area contributed by atoms with Crippen molar-refractivity contribution >= 4 is 21.8 Å². The van der Waals surface area contributed by atoms with Gasteiger partial charge in [0.1, 0.15) is 6.10 Å². The minimum atomic E-state index is -0.420. The van der Waals surface area contributed by atoms with Crippen LogP contribution in [-0.4, -0.2) is 36.5 Å². The molecule has 0 aliphatic carbocycles. The Balaban J connectivity index is 2.05. The highest BCUT2D eigenvalue weighted by Gasteiger charge is 2.30. The first-order chi connectivity index (χ1) is 10.0. The molecule has 3 unspecified atom stereocenters. The fourth-order valence-electron chi connectivity index (χ4n) is 2.47. The lowest BCUT2D eigenvalue weighted by atomic mass is 9.98. The van der Waals surface area contributed by atoms with Crippen LogP contribution in [0.3, 0.4) is 0 Å². The lowest BCUT2D eigenvalue weighted by molar-refractivity contribution is -0.141. The van der Waals surface area contributed by atoms with Gasteiger partial charge < -0.3 is 15.4 Å². The van der Waals surface area contributed by atoms with Gasteiger partial charge in [-0.1, -0.05) is 48.3 Å². The van der Waals surface area contributed by atoms with Gasteiger partial charge in [-0.25, -0.2) is 0 Å². The molecular weight excluding hydrogens is 332 g/mol. The molecule has 0 spiro atoms. The number of benzene rings is 1. The smallest absolute Gasteiger partial charge is 0.239 e. The molecular formula is C16H23BrN2O2. The van der Waals surface area contributed by atoms with Crippen LogP contribution in [0.25, 0.3) is 0 Å². The largest absolute Gasteiger partial charge is 0.370 e. The molecule has 4 nitrogen and oxygen atoms in total. The van der Waals surface area contributed by atoms with Crippen LogP contribution in [-0.2, 0) is 9.53 Å². The van der Waals surface area contributed by atoms with E-state index in [1.807, 2.05) is 36.1 Å². The molecule has 1 amide bonds. The van der Waals surface area contributed by atoms with Gasteiger partial charge in [-0.2, -0.15) is 0 Å². The summed E-state index contributed by atoms with van der Waals surface area (Å²) in [7, 11) is 0. The van der Waals surface area contributed by atoms with Crippen molar-refractivity contribution in [2.45, 2.75) is 32.4 Å². The van der Waals surface area contributed by atoms with Crippen molar-refractivity contribution in [2.24, 2.45) is 11.7 Å². The first-order valence-corrected chi connectivity index (χ1v) is 8.23. The highest BCUT2D eigenvalue weighted by Crippen LogP contribution is 2.25. The number of amides is 1. The third kappa shape index (κ3) is 4.05. The van der Waals surface area contributed by atoms with Gasteiger partial charge in [0.25, 0.3) is 0 Å². The molecule has 1 fully saturated rings. The van der Waals surface area contributed by atoms with Gasteiger partial charge in [-0.05, 0) is 23.6 Å². The molecule has 1 aromatic rings. The van der Waals surface area contributed by atoms with Crippen LogP contribution < -0.4 is 5.73 Å². The van der Waals surface area contributed by atoms with E-state index in [-0.39, 0.29) is 17.9 Å². The number of ether oxygens (including phenoxy) is 1. The summed E-state index contributed by atoms with van der Waals surface area (Å²) in [5, 5.41) is 0. The van der Waals surface area contributed by atoms with E-state index < -0.39 is 6.04 Å². The molecule has 1 aliphatic heterocycles. The Labute approximate surface area is 134 Å². The second kappa shape index (κ2) is 7.38. The average molecular weight is 355 g/mol. The Morgan fingerprint density at radius 1 is 1.57 bits per heavy atom. The maximum atomic E-state index is 12.5. The SMILES string of the molecule is CCC(C)C(N)C(=O)N1CCOC(c2cccc(Br)c2)C1. The van der Waals surface area contributed by atoms with Crippen LogP contribution in [0.2, 0.25) is 0 Å². The summed E-state index contributed by atoms with van der Waals surface area (Å²) in [5.74, 6) is 0.234. The number of halogens is 1. The van der Waals surface area contributed by atoms with Crippen molar-refractivity contribution in [3.05, 3.63) is 34.3 Å². The molecule has 21 heavy (non-hydrogen) atoms. The Hall–Kier alpha value is -0.910. The van der Waals surface area contributed by atoms with Gasteiger partial charge in [0, 0.05) is 11.0 Å². The third-order valence-electron chi connectivity index (χ3n) is 4.14. The number of rotatable bonds is 4. The van der Waals surface area contributed by atoms with Crippen LogP contribution >= 0.6 is 15.9 Å². The number of hydrogen-bond acceptors (Lipinski definition) is 3. The zero-order valence-electron chi connectivity index (χ0n) is 12.6. The summed E-state index contributed by atoms with van der Waals surface area (Å²) in [4.78, 5) is 14.3. The molecule has 0 saturated carbocycles. The predicted molar refractivity (Wildman–Crippen MR) is 86.8 cm³/mol. The molecule has 1 saturated heterocycles. The van der Waals surface area contributed by atoms with E-state index in [0.29, 0.717) is 19.7 Å².